The van der Waals surface area contributed by atoms with E-state index >= 15 is 0 Å². The van der Waals surface area contributed by atoms with Crippen molar-refractivity contribution >= 4 is 16.6 Å². The van der Waals surface area contributed by atoms with Crippen molar-refractivity contribution < 1.29 is 4.92 Å². The Bertz CT molecular complexity index is 788. The van der Waals surface area contributed by atoms with Crippen molar-refractivity contribution in [3.05, 3.63) is 76.0 Å². The van der Waals surface area contributed by atoms with Gasteiger partial charge in [-0.25, -0.2) is 0 Å². The van der Waals surface area contributed by atoms with Crippen LogP contribution >= 0.6 is 0 Å². The normalized spacial score (nSPS) is 10.9. The highest BCUT2D eigenvalue weighted by Crippen LogP contribution is 2.22. The number of aryl methyl sites for hydroxylation is 1. The second-order valence-electron chi connectivity index (χ2n) is 5.11. The van der Waals surface area contributed by atoms with E-state index in [0.29, 0.717) is 0 Å². The van der Waals surface area contributed by atoms with Gasteiger partial charge in [-0.05, 0) is 29.7 Å². The zero-order valence-corrected chi connectivity index (χ0v) is 11.8. The highest BCUT2D eigenvalue weighted by molar-refractivity contribution is 5.82. The molecule has 3 rings (SSSR count). The molecule has 0 N–H and O–H groups in total. The van der Waals surface area contributed by atoms with Gasteiger partial charge in [0.05, 0.1) is 4.92 Å². The number of nitrogens with zero attached hydrogens (tertiary/aromatic N) is 2. The molecule has 2 aromatic carbocycles. The number of nitro groups is 1. The van der Waals surface area contributed by atoms with Crippen LogP contribution in [-0.2, 0) is 13.0 Å². The first-order valence-corrected chi connectivity index (χ1v) is 6.98. The molecule has 0 saturated heterocycles. The van der Waals surface area contributed by atoms with Crippen molar-refractivity contribution in [1.29, 1.82) is 0 Å². The summed E-state index contributed by atoms with van der Waals surface area (Å²) < 4.78 is 2.11. The van der Waals surface area contributed by atoms with Crippen LogP contribution in [0.25, 0.3) is 10.9 Å². The van der Waals surface area contributed by atoms with Crippen LogP contribution < -0.4 is 0 Å². The summed E-state index contributed by atoms with van der Waals surface area (Å²) in [6.07, 6.45) is 3.01. The lowest BCUT2D eigenvalue weighted by Gasteiger charge is -2.06. The van der Waals surface area contributed by atoms with Crippen LogP contribution in [0.2, 0.25) is 0 Å². The predicted octanol–water partition coefficient (Wildman–Crippen LogP) is 4.16. The van der Waals surface area contributed by atoms with Crippen LogP contribution in [0.4, 0.5) is 5.69 Å². The molecule has 0 saturated carbocycles. The van der Waals surface area contributed by atoms with Gasteiger partial charge < -0.3 is 4.57 Å². The summed E-state index contributed by atoms with van der Waals surface area (Å²) >= 11 is 0. The van der Waals surface area contributed by atoms with Gasteiger partial charge in [-0.15, -0.1) is 0 Å². The summed E-state index contributed by atoms with van der Waals surface area (Å²) in [6.45, 7) is 2.91. The zero-order chi connectivity index (χ0) is 14.8. The Labute approximate surface area is 122 Å². The molecule has 0 radical (unpaired) electrons. The lowest BCUT2D eigenvalue weighted by molar-refractivity contribution is -0.384. The summed E-state index contributed by atoms with van der Waals surface area (Å²) in [7, 11) is 0. The standard InChI is InChI=1S/C17H16N2O2/c1-2-13-3-5-14(6-4-13)12-18-10-9-15-11-16(19(20)21)7-8-17(15)18/h3-11H,2,12H2,1H3. The number of nitro benzene ring substituents is 1. The minimum absolute atomic E-state index is 0.132. The van der Waals surface area contributed by atoms with E-state index in [1.807, 2.05) is 18.3 Å². The third-order valence-electron chi connectivity index (χ3n) is 3.75. The average Bonchev–Trinajstić information content (AvgIpc) is 2.90. The fourth-order valence-corrected chi connectivity index (χ4v) is 2.52. The smallest absolute Gasteiger partial charge is 0.270 e. The molecule has 1 aromatic heterocycles. The van der Waals surface area contributed by atoms with Crippen LogP contribution in [0, 0.1) is 10.1 Å². The number of non-ortho nitro benzene ring substituents is 1. The molecule has 4 nitrogen and oxygen atoms in total. The Kier molecular flexibility index (Phi) is 3.44. The molecule has 0 unspecified atom stereocenters. The second kappa shape index (κ2) is 5.40. The molecule has 106 valence electrons. The molecular formula is C17H16N2O2. The first-order chi connectivity index (χ1) is 10.2. The van der Waals surface area contributed by atoms with Gasteiger partial charge in [0.2, 0.25) is 0 Å². The molecule has 0 spiro atoms. The second-order valence-corrected chi connectivity index (χ2v) is 5.11. The van der Waals surface area contributed by atoms with Crippen LogP contribution in [0.1, 0.15) is 18.1 Å². The Morgan fingerprint density at radius 3 is 2.43 bits per heavy atom. The largest absolute Gasteiger partial charge is 0.343 e. The Morgan fingerprint density at radius 2 is 1.76 bits per heavy atom. The lowest BCUT2D eigenvalue weighted by atomic mass is 10.1. The van der Waals surface area contributed by atoms with Crippen molar-refractivity contribution in [2.75, 3.05) is 0 Å². The average molecular weight is 280 g/mol. The Morgan fingerprint density at radius 1 is 1.05 bits per heavy atom. The van der Waals surface area contributed by atoms with Crippen molar-refractivity contribution in [1.82, 2.24) is 4.57 Å². The van der Waals surface area contributed by atoms with Gasteiger partial charge in [0, 0.05) is 35.8 Å². The van der Waals surface area contributed by atoms with Crippen LogP contribution in [0.5, 0.6) is 0 Å². The van der Waals surface area contributed by atoms with E-state index in [4.69, 9.17) is 0 Å². The summed E-state index contributed by atoms with van der Waals surface area (Å²) in [4.78, 5) is 10.4. The number of aromatic nitrogens is 1. The molecule has 21 heavy (non-hydrogen) atoms. The third-order valence-corrected chi connectivity index (χ3v) is 3.75. The van der Waals surface area contributed by atoms with E-state index < -0.39 is 0 Å². The topological polar surface area (TPSA) is 48.1 Å². The maximum Gasteiger partial charge on any atom is 0.270 e. The van der Waals surface area contributed by atoms with Gasteiger partial charge in [0.1, 0.15) is 0 Å². The van der Waals surface area contributed by atoms with Gasteiger partial charge in [0.15, 0.2) is 0 Å². The molecule has 0 bridgehead atoms. The van der Waals surface area contributed by atoms with Crippen LogP contribution in [-0.4, -0.2) is 9.49 Å². The van der Waals surface area contributed by atoms with E-state index in [0.717, 1.165) is 23.9 Å². The molecule has 3 aromatic rings. The van der Waals surface area contributed by atoms with Gasteiger partial charge in [-0.3, -0.25) is 10.1 Å². The number of fused-ring (bicyclic) bond motifs is 1. The van der Waals surface area contributed by atoms with E-state index in [1.165, 1.54) is 11.1 Å². The molecule has 4 heteroatoms. The summed E-state index contributed by atoms with van der Waals surface area (Å²) in [5.74, 6) is 0. The highest BCUT2D eigenvalue weighted by atomic mass is 16.6. The van der Waals surface area contributed by atoms with Crippen molar-refractivity contribution in [2.45, 2.75) is 19.9 Å². The first-order valence-electron chi connectivity index (χ1n) is 6.98. The number of hydrogen-bond acceptors (Lipinski definition) is 2. The van der Waals surface area contributed by atoms with E-state index in [2.05, 4.69) is 35.8 Å². The van der Waals surface area contributed by atoms with Gasteiger partial charge in [-0.1, -0.05) is 31.2 Å². The molecule has 0 amide bonds. The Balaban J connectivity index is 1.91. The highest BCUT2D eigenvalue weighted by Gasteiger charge is 2.08. The minimum atomic E-state index is -0.361. The number of hydrogen-bond donors (Lipinski definition) is 0. The molecule has 0 aliphatic rings. The summed E-state index contributed by atoms with van der Waals surface area (Å²) in [5.41, 5.74) is 3.70. The molecular weight excluding hydrogens is 264 g/mol. The fourth-order valence-electron chi connectivity index (χ4n) is 2.52. The molecule has 0 atom stereocenters. The van der Waals surface area contributed by atoms with Crippen LogP contribution in [0.3, 0.4) is 0 Å². The molecule has 0 fully saturated rings. The van der Waals surface area contributed by atoms with Crippen molar-refractivity contribution in [3.63, 3.8) is 0 Å². The van der Waals surface area contributed by atoms with E-state index in [-0.39, 0.29) is 10.6 Å². The molecule has 0 aliphatic heterocycles. The monoisotopic (exact) mass is 280 g/mol. The van der Waals surface area contributed by atoms with Crippen molar-refractivity contribution in [3.8, 4) is 0 Å². The summed E-state index contributed by atoms with van der Waals surface area (Å²) in [5, 5.41) is 11.7. The van der Waals surface area contributed by atoms with E-state index in [1.54, 1.807) is 12.1 Å². The van der Waals surface area contributed by atoms with Crippen LogP contribution in [0.15, 0.2) is 54.7 Å². The summed E-state index contributed by atoms with van der Waals surface area (Å²) in [6, 6.07) is 15.5. The van der Waals surface area contributed by atoms with Gasteiger partial charge in [0.25, 0.3) is 5.69 Å². The van der Waals surface area contributed by atoms with Gasteiger partial charge in [-0.2, -0.15) is 0 Å². The first kappa shape index (κ1) is 13.4. The quantitative estimate of drug-likeness (QED) is 0.532. The lowest BCUT2D eigenvalue weighted by Crippen LogP contribution is -1.98. The maximum atomic E-state index is 10.8. The SMILES string of the molecule is CCc1ccc(Cn2ccc3cc([N+](=O)[O-])ccc32)cc1. The van der Waals surface area contributed by atoms with Crippen molar-refractivity contribution in [2.24, 2.45) is 0 Å². The molecule has 1 heterocycles. The fraction of sp³-hybridized carbons (Fsp3) is 0.176. The van der Waals surface area contributed by atoms with Gasteiger partial charge >= 0.3 is 0 Å². The minimum Gasteiger partial charge on any atom is -0.343 e. The molecule has 0 aliphatic carbocycles. The Hall–Kier alpha value is -2.62. The maximum absolute atomic E-state index is 10.8. The number of rotatable bonds is 4. The predicted molar refractivity (Wildman–Crippen MR) is 83.5 cm³/mol. The van der Waals surface area contributed by atoms with E-state index in [9.17, 15) is 10.1 Å². The zero-order valence-electron chi connectivity index (χ0n) is 11.8. The number of benzene rings is 2. The third kappa shape index (κ3) is 2.65.